The number of amides is 1. The summed E-state index contributed by atoms with van der Waals surface area (Å²) in [6.45, 7) is 2.01. The number of fused-ring (bicyclic) bond motifs is 1. The van der Waals surface area contributed by atoms with E-state index < -0.39 is 0 Å². The van der Waals surface area contributed by atoms with Crippen LogP contribution in [-0.4, -0.2) is 40.5 Å². The quantitative estimate of drug-likeness (QED) is 0.782. The number of anilines is 1. The summed E-state index contributed by atoms with van der Waals surface area (Å²) in [6, 6.07) is 11.8. The minimum Gasteiger partial charge on any atom is -0.354 e. The van der Waals surface area contributed by atoms with Crippen LogP contribution in [0.2, 0.25) is 0 Å². The molecule has 1 amide bonds. The van der Waals surface area contributed by atoms with Gasteiger partial charge in [0, 0.05) is 49.4 Å². The zero-order chi connectivity index (χ0) is 16.4. The molecule has 3 aromatic rings. The maximum atomic E-state index is 11.6. The zero-order valence-corrected chi connectivity index (χ0v) is 13.1. The Morgan fingerprint density at radius 3 is 2.83 bits per heavy atom. The minimum atomic E-state index is 0.0864. The summed E-state index contributed by atoms with van der Waals surface area (Å²) in [7, 11) is 0. The first-order valence-corrected chi connectivity index (χ1v) is 8.00. The first-order valence-electron chi connectivity index (χ1n) is 8.00. The standard InChI is InChI=1S/C18H17N5O/c24-16-7-10-23(11-9-20-16)18-14-5-1-2-6-15(14)21-17(22-18)13-4-3-8-19-12-13/h1-6,8,12H,7,9-11H2,(H,20,24). The van der Waals surface area contributed by atoms with E-state index >= 15 is 0 Å². The van der Waals surface area contributed by atoms with Gasteiger partial charge in [0.15, 0.2) is 5.82 Å². The number of nitrogens with zero attached hydrogens (tertiary/aromatic N) is 4. The molecule has 0 unspecified atom stereocenters. The maximum absolute atomic E-state index is 11.6. The van der Waals surface area contributed by atoms with E-state index in [2.05, 4.69) is 20.2 Å². The molecule has 1 aliphatic rings. The number of rotatable bonds is 2. The van der Waals surface area contributed by atoms with Gasteiger partial charge >= 0.3 is 0 Å². The third kappa shape index (κ3) is 2.78. The number of pyridine rings is 1. The van der Waals surface area contributed by atoms with Gasteiger partial charge in [-0.05, 0) is 24.3 Å². The molecule has 0 aliphatic carbocycles. The molecule has 24 heavy (non-hydrogen) atoms. The molecule has 120 valence electrons. The predicted molar refractivity (Wildman–Crippen MR) is 92.6 cm³/mol. The Balaban J connectivity index is 1.85. The van der Waals surface area contributed by atoms with Crippen molar-refractivity contribution in [1.29, 1.82) is 0 Å². The van der Waals surface area contributed by atoms with Gasteiger partial charge in [-0.2, -0.15) is 0 Å². The van der Waals surface area contributed by atoms with Gasteiger partial charge in [0.2, 0.25) is 5.91 Å². The first kappa shape index (κ1) is 14.6. The highest BCUT2D eigenvalue weighted by atomic mass is 16.1. The van der Waals surface area contributed by atoms with E-state index in [1.54, 1.807) is 12.4 Å². The maximum Gasteiger partial charge on any atom is 0.221 e. The first-order chi connectivity index (χ1) is 11.8. The number of benzene rings is 1. The van der Waals surface area contributed by atoms with Crippen molar-refractivity contribution in [2.45, 2.75) is 6.42 Å². The SMILES string of the molecule is O=C1CCN(c2nc(-c3cccnc3)nc3ccccc23)CCN1. The molecule has 1 aromatic carbocycles. The van der Waals surface area contributed by atoms with E-state index in [9.17, 15) is 4.79 Å². The van der Waals surface area contributed by atoms with Gasteiger partial charge in [-0.3, -0.25) is 9.78 Å². The summed E-state index contributed by atoms with van der Waals surface area (Å²) >= 11 is 0. The highest BCUT2D eigenvalue weighted by Crippen LogP contribution is 2.27. The Bertz CT molecular complexity index is 881. The van der Waals surface area contributed by atoms with E-state index in [0.29, 0.717) is 25.3 Å². The number of carbonyl (C=O) groups excluding carboxylic acids is 1. The molecule has 4 rings (SSSR count). The Hall–Kier alpha value is -3.02. The number of nitrogens with one attached hydrogen (secondary N) is 1. The van der Waals surface area contributed by atoms with Crippen molar-refractivity contribution < 1.29 is 4.79 Å². The van der Waals surface area contributed by atoms with Crippen LogP contribution in [0.5, 0.6) is 0 Å². The second kappa shape index (κ2) is 6.23. The minimum absolute atomic E-state index is 0.0864. The van der Waals surface area contributed by atoms with E-state index in [1.165, 1.54) is 0 Å². The van der Waals surface area contributed by atoms with Gasteiger partial charge in [0.05, 0.1) is 5.52 Å². The molecule has 1 aliphatic heterocycles. The normalized spacial score (nSPS) is 15.2. The zero-order valence-electron chi connectivity index (χ0n) is 13.1. The van der Waals surface area contributed by atoms with Gasteiger partial charge in [-0.15, -0.1) is 0 Å². The molecule has 0 atom stereocenters. The Labute approximate surface area is 139 Å². The van der Waals surface area contributed by atoms with E-state index in [0.717, 1.165) is 28.8 Å². The average molecular weight is 319 g/mol. The van der Waals surface area contributed by atoms with Crippen LogP contribution in [0.1, 0.15) is 6.42 Å². The highest BCUT2D eigenvalue weighted by Gasteiger charge is 2.18. The second-order valence-corrected chi connectivity index (χ2v) is 5.72. The molecule has 0 saturated carbocycles. The average Bonchev–Trinajstić information content (AvgIpc) is 2.86. The number of hydrogen-bond donors (Lipinski definition) is 1. The van der Waals surface area contributed by atoms with Crippen molar-refractivity contribution in [2.75, 3.05) is 24.5 Å². The van der Waals surface area contributed by atoms with E-state index in [-0.39, 0.29) is 5.91 Å². The van der Waals surface area contributed by atoms with Crippen molar-refractivity contribution in [3.63, 3.8) is 0 Å². The molecular formula is C18H17N5O. The van der Waals surface area contributed by atoms with Gasteiger partial charge in [0.1, 0.15) is 5.82 Å². The topological polar surface area (TPSA) is 71.0 Å². The monoisotopic (exact) mass is 319 g/mol. The van der Waals surface area contributed by atoms with Crippen molar-refractivity contribution >= 4 is 22.6 Å². The fraction of sp³-hybridized carbons (Fsp3) is 0.222. The largest absolute Gasteiger partial charge is 0.354 e. The molecule has 1 fully saturated rings. The lowest BCUT2D eigenvalue weighted by atomic mass is 10.2. The van der Waals surface area contributed by atoms with Gasteiger partial charge in [-0.25, -0.2) is 9.97 Å². The molecule has 1 N–H and O–H groups in total. The van der Waals surface area contributed by atoms with Crippen LogP contribution in [-0.2, 0) is 4.79 Å². The van der Waals surface area contributed by atoms with Crippen LogP contribution in [0, 0.1) is 0 Å². The van der Waals surface area contributed by atoms with Crippen LogP contribution < -0.4 is 10.2 Å². The fourth-order valence-corrected chi connectivity index (χ4v) is 2.90. The van der Waals surface area contributed by atoms with Crippen molar-refractivity contribution in [3.05, 3.63) is 48.8 Å². The smallest absolute Gasteiger partial charge is 0.221 e. The van der Waals surface area contributed by atoms with Crippen LogP contribution in [0.3, 0.4) is 0 Å². The van der Waals surface area contributed by atoms with Crippen LogP contribution >= 0.6 is 0 Å². The lowest BCUT2D eigenvalue weighted by molar-refractivity contribution is -0.120. The lowest BCUT2D eigenvalue weighted by Gasteiger charge is -2.22. The summed E-state index contributed by atoms with van der Waals surface area (Å²) < 4.78 is 0. The number of para-hydroxylation sites is 1. The summed E-state index contributed by atoms with van der Waals surface area (Å²) in [6.07, 6.45) is 3.97. The molecular weight excluding hydrogens is 302 g/mol. The summed E-state index contributed by atoms with van der Waals surface area (Å²) in [5, 5.41) is 3.90. The summed E-state index contributed by atoms with van der Waals surface area (Å²) in [5.74, 6) is 1.61. The van der Waals surface area contributed by atoms with Crippen molar-refractivity contribution in [2.24, 2.45) is 0 Å². The number of hydrogen-bond acceptors (Lipinski definition) is 5. The van der Waals surface area contributed by atoms with Gasteiger partial charge < -0.3 is 10.2 Å². The molecule has 6 nitrogen and oxygen atoms in total. The van der Waals surface area contributed by atoms with Crippen LogP contribution in [0.4, 0.5) is 5.82 Å². The predicted octanol–water partition coefficient (Wildman–Crippen LogP) is 2.02. The number of carbonyl (C=O) groups is 1. The molecule has 0 radical (unpaired) electrons. The molecule has 1 saturated heterocycles. The molecule has 2 aromatic heterocycles. The molecule has 0 bridgehead atoms. The van der Waals surface area contributed by atoms with Crippen LogP contribution in [0.25, 0.3) is 22.3 Å². The van der Waals surface area contributed by atoms with Crippen LogP contribution in [0.15, 0.2) is 48.8 Å². The third-order valence-corrected chi connectivity index (χ3v) is 4.12. The van der Waals surface area contributed by atoms with Crippen molar-refractivity contribution in [1.82, 2.24) is 20.3 Å². The number of aromatic nitrogens is 3. The van der Waals surface area contributed by atoms with E-state index in [4.69, 9.17) is 4.98 Å². The van der Waals surface area contributed by atoms with Gasteiger partial charge in [-0.1, -0.05) is 12.1 Å². The molecule has 3 heterocycles. The Morgan fingerprint density at radius 1 is 1.04 bits per heavy atom. The van der Waals surface area contributed by atoms with Gasteiger partial charge in [0.25, 0.3) is 0 Å². The highest BCUT2D eigenvalue weighted by molar-refractivity contribution is 5.91. The Morgan fingerprint density at radius 2 is 1.96 bits per heavy atom. The molecule has 6 heteroatoms. The lowest BCUT2D eigenvalue weighted by Crippen LogP contribution is -2.29. The van der Waals surface area contributed by atoms with E-state index in [1.807, 2.05) is 36.4 Å². The summed E-state index contributed by atoms with van der Waals surface area (Å²) in [4.78, 5) is 27.4. The summed E-state index contributed by atoms with van der Waals surface area (Å²) in [5.41, 5.74) is 1.78. The second-order valence-electron chi connectivity index (χ2n) is 5.72. The third-order valence-electron chi connectivity index (χ3n) is 4.12. The fourth-order valence-electron chi connectivity index (χ4n) is 2.90. The van der Waals surface area contributed by atoms with Crippen molar-refractivity contribution in [3.8, 4) is 11.4 Å². The Kier molecular flexibility index (Phi) is 3.78. The molecule has 0 spiro atoms.